The summed E-state index contributed by atoms with van der Waals surface area (Å²) in [5.41, 5.74) is 1.58. The Hall–Kier alpha value is -2.15. The molecule has 2 rings (SSSR count). The second kappa shape index (κ2) is 6.14. The molecule has 0 fully saturated rings. The van der Waals surface area contributed by atoms with Crippen LogP contribution >= 0.6 is 11.3 Å². The van der Waals surface area contributed by atoms with Gasteiger partial charge in [-0.15, -0.1) is 11.3 Å². The molecule has 0 aliphatic carbocycles. The summed E-state index contributed by atoms with van der Waals surface area (Å²) in [5, 5.41) is 14.3. The van der Waals surface area contributed by atoms with Crippen molar-refractivity contribution in [3.05, 3.63) is 29.4 Å². The highest BCUT2D eigenvalue weighted by Gasteiger charge is 2.05. The van der Waals surface area contributed by atoms with E-state index in [-0.39, 0.29) is 6.42 Å². The van der Waals surface area contributed by atoms with E-state index in [4.69, 9.17) is 9.84 Å². The number of aliphatic carboxylic acids is 1. The van der Waals surface area contributed by atoms with Crippen molar-refractivity contribution in [2.45, 2.75) is 12.8 Å². The summed E-state index contributed by atoms with van der Waals surface area (Å²) in [6.45, 7) is 0. The Bertz CT molecular complexity index is 554. The number of aryl methyl sites for hydroxylation is 1. The fourth-order valence-corrected chi connectivity index (χ4v) is 2.18. The third-order valence-electron chi connectivity index (χ3n) is 2.34. The Balaban J connectivity index is 1.96. The van der Waals surface area contributed by atoms with Gasteiger partial charge in [0.25, 0.3) is 0 Å². The molecule has 0 amide bonds. The van der Waals surface area contributed by atoms with Crippen LogP contribution in [0.3, 0.4) is 0 Å². The van der Waals surface area contributed by atoms with Crippen LogP contribution in [0.1, 0.15) is 12.1 Å². The summed E-state index contributed by atoms with van der Waals surface area (Å²) < 4.78 is 4.97. The first kappa shape index (κ1) is 13.3. The molecule has 0 atom stereocenters. The number of hydrogen-bond donors (Lipinski definition) is 2. The maximum Gasteiger partial charge on any atom is 0.303 e. The number of thiazole rings is 1. The van der Waals surface area contributed by atoms with E-state index >= 15 is 0 Å². The molecule has 0 aliphatic heterocycles. The molecule has 0 bridgehead atoms. The van der Waals surface area contributed by atoms with E-state index in [0.29, 0.717) is 17.4 Å². The molecular weight excluding hydrogens is 266 g/mol. The smallest absolute Gasteiger partial charge is 0.303 e. The second-order valence-corrected chi connectivity index (χ2v) is 4.61. The Morgan fingerprint density at radius 2 is 2.37 bits per heavy atom. The molecule has 6 nitrogen and oxygen atoms in total. The number of anilines is 2. The van der Waals surface area contributed by atoms with Gasteiger partial charge in [-0.25, -0.2) is 9.97 Å². The number of aromatic nitrogens is 2. The van der Waals surface area contributed by atoms with Crippen molar-refractivity contribution in [1.29, 1.82) is 0 Å². The number of methoxy groups -OCH3 is 1. The van der Waals surface area contributed by atoms with Gasteiger partial charge >= 0.3 is 5.97 Å². The Morgan fingerprint density at radius 1 is 1.53 bits per heavy atom. The zero-order chi connectivity index (χ0) is 13.7. The Labute approximate surface area is 114 Å². The number of carboxylic acid groups (broad SMARTS) is 1. The molecule has 2 N–H and O–H groups in total. The van der Waals surface area contributed by atoms with E-state index in [1.807, 2.05) is 11.4 Å². The van der Waals surface area contributed by atoms with E-state index in [1.165, 1.54) is 11.3 Å². The molecule has 0 radical (unpaired) electrons. The van der Waals surface area contributed by atoms with Gasteiger partial charge in [0.05, 0.1) is 31.1 Å². The van der Waals surface area contributed by atoms with Crippen molar-refractivity contribution in [2.75, 3.05) is 12.4 Å². The molecular formula is C12H13N3O3S. The number of nitrogens with one attached hydrogen (secondary N) is 1. The molecule has 0 saturated carbocycles. The maximum absolute atomic E-state index is 10.5. The first-order valence-corrected chi connectivity index (χ1v) is 6.48. The standard InChI is InChI=1S/C12H13N3O3S/c1-18-10-4-2-8(6-13-10)14-12-15-9(7-19-12)3-5-11(16)17/h2,4,6-7H,3,5H2,1H3,(H,14,15)(H,16,17). The van der Waals surface area contributed by atoms with Crippen LogP contribution < -0.4 is 10.1 Å². The molecule has 0 unspecified atom stereocenters. The normalized spacial score (nSPS) is 10.2. The minimum atomic E-state index is -0.818. The van der Waals surface area contributed by atoms with Crippen LogP contribution in [0.25, 0.3) is 0 Å². The van der Waals surface area contributed by atoms with Crippen molar-refractivity contribution in [1.82, 2.24) is 9.97 Å². The van der Waals surface area contributed by atoms with Crippen molar-refractivity contribution in [3.8, 4) is 5.88 Å². The monoisotopic (exact) mass is 279 g/mol. The molecule has 100 valence electrons. The second-order valence-electron chi connectivity index (χ2n) is 3.75. The van der Waals surface area contributed by atoms with Gasteiger partial charge in [0.15, 0.2) is 5.13 Å². The lowest BCUT2D eigenvalue weighted by atomic mass is 10.2. The molecule has 19 heavy (non-hydrogen) atoms. The van der Waals surface area contributed by atoms with Gasteiger partial charge < -0.3 is 15.2 Å². The van der Waals surface area contributed by atoms with Crippen LogP contribution in [0.2, 0.25) is 0 Å². The van der Waals surface area contributed by atoms with E-state index in [0.717, 1.165) is 11.4 Å². The average molecular weight is 279 g/mol. The first-order chi connectivity index (χ1) is 9.17. The van der Waals surface area contributed by atoms with Gasteiger partial charge in [-0.2, -0.15) is 0 Å². The van der Waals surface area contributed by atoms with Crippen molar-refractivity contribution in [2.24, 2.45) is 0 Å². The molecule has 7 heteroatoms. The van der Waals surface area contributed by atoms with Gasteiger partial charge in [-0.05, 0) is 6.07 Å². The van der Waals surface area contributed by atoms with Crippen molar-refractivity contribution < 1.29 is 14.6 Å². The van der Waals surface area contributed by atoms with Crippen LogP contribution in [0.5, 0.6) is 5.88 Å². The van der Waals surface area contributed by atoms with E-state index in [9.17, 15) is 4.79 Å². The van der Waals surface area contributed by atoms with Gasteiger partial charge in [0.2, 0.25) is 5.88 Å². The molecule has 0 aromatic carbocycles. The van der Waals surface area contributed by atoms with Gasteiger partial charge in [-0.3, -0.25) is 4.79 Å². The number of nitrogens with zero attached hydrogens (tertiary/aromatic N) is 2. The highest BCUT2D eigenvalue weighted by atomic mass is 32.1. The summed E-state index contributed by atoms with van der Waals surface area (Å²) >= 11 is 1.43. The minimum Gasteiger partial charge on any atom is -0.481 e. The van der Waals surface area contributed by atoms with Gasteiger partial charge in [0.1, 0.15) is 0 Å². The van der Waals surface area contributed by atoms with Crippen molar-refractivity contribution in [3.63, 3.8) is 0 Å². The van der Waals surface area contributed by atoms with Crippen LogP contribution in [0, 0.1) is 0 Å². The fourth-order valence-electron chi connectivity index (χ4n) is 1.41. The van der Waals surface area contributed by atoms with Gasteiger partial charge in [-0.1, -0.05) is 0 Å². The fraction of sp³-hybridized carbons (Fsp3) is 0.250. The third kappa shape index (κ3) is 3.92. The Morgan fingerprint density at radius 3 is 3.00 bits per heavy atom. The molecule has 2 aromatic rings. The largest absolute Gasteiger partial charge is 0.481 e. The highest BCUT2D eigenvalue weighted by molar-refractivity contribution is 7.13. The molecule has 2 aromatic heterocycles. The lowest BCUT2D eigenvalue weighted by Gasteiger charge is -2.02. The van der Waals surface area contributed by atoms with E-state index in [2.05, 4.69) is 15.3 Å². The number of carbonyl (C=O) groups is 1. The maximum atomic E-state index is 10.5. The zero-order valence-electron chi connectivity index (χ0n) is 10.3. The predicted octanol–water partition coefficient (Wildman–Crippen LogP) is 2.31. The SMILES string of the molecule is COc1ccc(Nc2nc(CCC(=O)O)cs2)cn1. The average Bonchev–Trinajstić information content (AvgIpc) is 2.85. The van der Waals surface area contributed by atoms with Crippen molar-refractivity contribution >= 4 is 28.1 Å². The minimum absolute atomic E-state index is 0.0905. The molecule has 0 saturated heterocycles. The lowest BCUT2D eigenvalue weighted by Crippen LogP contribution is -1.98. The van der Waals surface area contributed by atoms with Crippen LogP contribution in [0.15, 0.2) is 23.7 Å². The summed E-state index contributed by atoms with van der Waals surface area (Å²) in [6.07, 6.45) is 2.18. The number of hydrogen-bond acceptors (Lipinski definition) is 6. The summed E-state index contributed by atoms with van der Waals surface area (Å²) in [7, 11) is 1.56. The quantitative estimate of drug-likeness (QED) is 0.844. The predicted molar refractivity (Wildman–Crippen MR) is 72.1 cm³/mol. The zero-order valence-corrected chi connectivity index (χ0v) is 11.1. The van der Waals surface area contributed by atoms with E-state index < -0.39 is 5.97 Å². The highest BCUT2D eigenvalue weighted by Crippen LogP contribution is 2.22. The lowest BCUT2D eigenvalue weighted by molar-refractivity contribution is -0.136. The molecule has 0 spiro atoms. The topological polar surface area (TPSA) is 84.3 Å². The number of rotatable bonds is 6. The summed E-state index contributed by atoms with van der Waals surface area (Å²) in [4.78, 5) is 18.8. The van der Waals surface area contributed by atoms with Gasteiger partial charge in [0, 0.05) is 17.9 Å². The van der Waals surface area contributed by atoms with Crippen LogP contribution in [-0.2, 0) is 11.2 Å². The van der Waals surface area contributed by atoms with E-state index in [1.54, 1.807) is 19.4 Å². The summed E-state index contributed by atoms with van der Waals surface area (Å²) in [5.74, 6) is -0.270. The van der Waals surface area contributed by atoms with Crippen LogP contribution in [-0.4, -0.2) is 28.2 Å². The molecule has 2 heterocycles. The third-order valence-corrected chi connectivity index (χ3v) is 3.15. The number of carboxylic acids is 1. The number of ether oxygens (including phenoxy) is 1. The summed E-state index contributed by atoms with van der Waals surface area (Å²) in [6, 6.07) is 3.59. The first-order valence-electron chi connectivity index (χ1n) is 5.60. The van der Waals surface area contributed by atoms with Crippen LogP contribution in [0.4, 0.5) is 10.8 Å². The molecule has 0 aliphatic rings. The number of pyridine rings is 1. The Kier molecular flexibility index (Phi) is 4.30.